The van der Waals surface area contributed by atoms with Gasteiger partial charge in [-0.05, 0) is 59.9 Å². The number of hydrogen-bond donors (Lipinski definition) is 1. The van der Waals surface area contributed by atoms with Gasteiger partial charge in [0.25, 0.3) is 11.8 Å². The second-order valence-electron chi connectivity index (χ2n) is 13.2. The van der Waals surface area contributed by atoms with Gasteiger partial charge in [0.05, 0.1) is 43.1 Å². The molecule has 3 amide bonds. The lowest BCUT2D eigenvalue weighted by Gasteiger charge is -2.36. The van der Waals surface area contributed by atoms with Gasteiger partial charge in [-0.1, -0.05) is 73.7 Å². The van der Waals surface area contributed by atoms with E-state index in [4.69, 9.17) is 9.47 Å². The quantitative estimate of drug-likeness (QED) is 0.308. The van der Waals surface area contributed by atoms with Crippen LogP contribution < -0.4 is 14.5 Å². The van der Waals surface area contributed by atoms with Crippen LogP contribution in [0.15, 0.2) is 97.1 Å². The molecule has 0 bridgehead atoms. The highest BCUT2D eigenvalue weighted by Gasteiger charge is 2.60. The van der Waals surface area contributed by atoms with Crippen molar-refractivity contribution in [3.05, 3.63) is 119 Å². The molecule has 48 heavy (non-hydrogen) atoms. The van der Waals surface area contributed by atoms with Crippen LogP contribution in [0.4, 0.5) is 17.1 Å². The van der Waals surface area contributed by atoms with Crippen LogP contribution >= 0.6 is 0 Å². The summed E-state index contributed by atoms with van der Waals surface area (Å²) in [5, 5.41) is 10.1. The van der Waals surface area contributed by atoms with E-state index in [1.54, 1.807) is 14.7 Å². The number of rotatable bonds is 6. The highest BCUT2D eigenvalue weighted by molar-refractivity contribution is 6.07. The lowest BCUT2D eigenvalue weighted by atomic mass is 9.83. The first-order chi connectivity index (χ1) is 23.4. The van der Waals surface area contributed by atoms with Crippen molar-refractivity contribution in [3.8, 4) is 5.75 Å². The van der Waals surface area contributed by atoms with Crippen molar-refractivity contribution < 1.29 is 29.0 Å². The maximum absolute atomic E-state index is 14.5. The molecule has 0 radical (unpaired) electrons. The maximum atomic E-state index is 14.5. The lowest BCUT2D eigenvalue weighted by molar-refractivity contribution is -0.151. The Hall–Kier alpha value is -4.99. The number of anilines is 3. The van der Waals surface area contributed by atoms with Crippen LogP contribution in [0.1, 0.15) is 42.0 Å². The van der Waals surface area contributed by atoms with Gasteiger partial charge in [0.1, 0.15) is 5.75 Å². The molecule has 244 valence electrons. The molecule has 8 rings (SSSR count). The Balaban J connectivity index is 1.01. The van der Waals surface area contributed by atoms with Gasteiger partial charge < -0.3 is 24.4 Å². The Morgan fingerprint density at radius 2 is 1.60 bits per heavy atom. The monoisotopic (exact) mass is 643 g/mol. The van der Waals surface area contributed by atoms with Crippen molar-refractivity contribution in [2.75, 3.05) is 23.0 Å². The van der Waals surface area contributed by atoms with Gasteiger partial charge in [0.15, 0.2) is 12.2 Å². The summed E-state index contributed by atoms with van der Waals surface area (Å²) >= 11 is 0. The standard InChI is InChI=1S/C39H37N3O6/c1-25-18-31(20-36(44)40-22-28-9-3-2-8-27(28)19-30(40)23-43)48-39(25)32-10-4-5-11-33(32)41(38(39)46)21-26-14-16-29(17-15-26)42-34-12-6-7-13-35(34)47-24-37(42)45/h2-17,25,30-31,43H,18-24H2,1H3/t25-,30+,31-,39+/m1/s1. The summed E-state index contributed by atoms with van der Waals surface area (Å²) in [4.78, 5) is 46.2. The number of aliphatic hydroxyl groups is 1. The van der Waals surface area contributed by atoms with E-state index in [1.807, 2.05) is 97.9 Å². The molecule has 1 spiro atoms. The van der Waals surface area contributed by atoms with Gasteiger partial charge in [0, 0.05) is 23.7 Å². The van der Waals surface area contributed by atoms with Crippen LogP contribution in [-0.2, 0) is 44.2 Å². The minimum absolute atomic E-state index is 0.0291. The average Bonchev–Trinajstić information content (AvgIpc) is 3.56. The number of amides is 3. The second kappa shape index (κ2) is 11.9. The van der Waals surface area contributed by atoms with Gasteiger partial charge in [0.2, 0.25) is 5.91 Å². The molecule has 0 aromatic heterocycles. The van der Waals surface area contributed by atoms with Gasteiger partial charge >= 0.3 is 0 Å². The van der Waals surface area contributed by atoms with Crippen molar-refractivity contribution in [2.45, 2.75) is 57.0 Å². The van der Waals surface area contributed by atoms with E-state index in [0.29, 0.717) is 37.4 Å². The third-order valence-corrected chi connectivity index (χ3v) is 10.4. The van der Waals surface area contributed by atoms with E-state index in [1.165, 1.54) is 0 Å². The van der Waals surface area contributed by atoms with Gasteiger partial charge in [-0.3, -0.25) is 19.3 Å². The number of aliphatic hydroxyl groups excluding tert-OH is 1. The largest absolute Gasteiger partial charge is 0.482 e. The van der Waals surface area contributed by atoms with E-state index in [2.05, 4.69) is 6.07 Å². The molecule has 0 unspecified atom stereocenters. The van der Waals surface area contributed by atoms with Gasteiger partial charge in [-0.25, -0.2) is 0 Å². The summed E-state index contributed by atoms with van der Waals surface area (Å²) in [6.45, 7) is 2.68. The summed E-state index contributed by atoms with van der Waals surface area (Å²) in [7, 11) is 0. The number of nitrogens with zero attached hydrogens (tertiary/aromatic N) is 3. The number of hydrogen-bond acceptors (Lipinski definition) is 6. The zero-order valence-electron chi connectivity index (χ0n) is 26.7. The maximum Gasteiger partial charge on any atom is 0.269 e. The molecule has 1 fully saturated rings. The third-order valence-electron chi connectivity index (χ3n) is 10.4. The average molecular weight is 644 g/mol. The van der Waals surface area contributed by atoms with Crippen molar-refractivity contribution >= 4 is 34.8 Å². The fourth-order valence-electron chi connectivity index (χ4n) is 7.98. The van der Waals surface area contributed by atoms with Crippen molar-refractivity contribution in [2.24, 2.45) is 5.92 Å². The number of fused-ring (bicyclic) bond motifs is 4. The molecule has 9 nitrogen and oxygen atoms in total. The Morgan fingerprint density at radius 1 is 0.896 bits per heavy atom. The van der Waals surface area contributed by atoms with Gasteiger partial charge in [-0.15, -0.1) is 0 Å². The molecule has 0 saturated carbocycles. The first kappa shape index (κ1) is 30.4. The smallest absolute Gasteiger partial charge is 0.269 e. The Bertz CT molecular complexity index is 1910. The zero-order chi connectivity index (χ0) is 33.0. The fourth-order valence-corrected chi connectivity index (χ4v) is 7.98. The molecule has 4 aliphatic heterocycles. The van der Waals surface area contributed by atoms with Crippen molar-refractivity contribution in [1.82, 2.24) is 4.90 Å². The summed E-state index contributed by atoms with van der Waals surface area (Å²) in [5.74, 6) is 0.150. The molecular formula is C39H37N3O6. The summed E-state index contributed by atoms with van der Waals surface area (Å²) < 4.78 is 12.3. The summed E-state index contributed by atoms with van der Waals surface area (Å²) in [5.41, 5.74) is 5.03. The van der Waals surface area contributed by atoms with Crippen LogP contribution in [0, 0.1) is 5.92 Å². The van der Waals surface area contributed by atoms with Crippen LogP contribution in [0.2, 0.25) is 0 Å². The topological polar surface area (TPSA) is 99.6 Å². The molecule has 4 aliphatic rings. The predicted molar refractivity (Wildman–Crippen MR) is 180 cm³/mol. The van der Waals surface area contributed by atoms with Gasteiger partial charge in [-0.2, -0.15) is 0 Å². The molecule has 4 atom stereocenters. The normalized spacial score (nSPS) is 24.4. The summed E-state index contributed by atoms with van der Waals surface area (Å²) in [6, 6.07) is 30.7. The second-order valence-corrected chi connectivity index (χ2v) is 13.2. The zero-order valence-corrected chi connectivity index (χ0v) is 26.7. The van der Waals surface area contributed by atoms with Crippen LogP contribution in [-0.4, -0.2) is 53.1 Å². The van der Waals surface area contributed by atoms with Crippen LogP contribution in [0.5, 0.6) is 5.75 Å². The highest BCUT2D eigenvalue weighted by Crippen LogP contribution is 2.54. The number of carbonyl (C=O) groups is 3. The number of ether oxygens (including phenoxy) is 2. The first-order valence-corrected chi connectivity index (χ1v) is 16.6. The van der Waals surface area contributed by atoms with E-state index in [0.717, 1.165) is 33.6 Å². The molecule has 0 aliphatic carbocycles. The lowest BCUT2D eigenvalue weighted by Crippen LogP contribution is -2.47. The number of carbonyl (C=O) groups excluding carboxylic acids is 3. The highest BCUT2D eigenvalue weighted by atomic mass is 16.5. The van der Waals surface area contributed by atoms with E-state index in [-0.39, 0.29) is 49.3 Å². The first-order valence-electron chi connectivity index (χ1n) is 16.6. The van der Waals surface area contributed by atoms with E-state index in [9.17, 15) is 19.5 Å². The van der Waals surface area contributed by atoms with Crippen molar-refractivity contribution in [3.63, 3.8) is 0 Å². The van der Waals surface area contributed by atoms with E-state index >= 15 is 0 Å². The number of benzene rings is 4. The molecular weight excluding hydrogens is 606 g/mol. The van der Waals surface area contributed by atoms with E-state index < -0.39 is 11.7 Å². The SMILES string of the molecule is C[C@@H]1C[C@H](CC(=O)N2Cc3ccccc3C[C@H]2CO)O[C@@]12C(=O)N(Cc1ccc(N3C(=O)COc4ccccc43)cc1)c1ccccc12. The molecule has 4 aromatic rings. The minimum Gasteiger partial charge on any atom is -0.482 e. The molecule has 1 N–H and O–H groups in total. The fraction of sp³-hybridized carbons (Fsp3) is 0.308. The predicted octanol–water partition coefficient (Wildman–Crippen LogP) is 5.25. The van der Waals surface area contributed by atoms with Crippen molar-refractivity contribution in [1.29, 1.82) is 0 Å². The minimum atomic E-state index is -1.18. The summed E-state index contributed by atoms with van der Waals surface area (Å²) in [6.07, 6.45) is 0.888. The number of para-hydroxylation sites is 3. The molecule has 4 heterocycles. The molecule has 4 aromatic carbocycles. The van der Waals surface area contributed by atoms with Crippen LogP contribution in [0.25, 0.3) is 0 Å². The Labute approximate surface area is 279 Å². The van der Waals surface area contributed by atoms with Crippen LogP contribution in [0.3, 0.4) is 0 Å². The Kier molecular flexibility index (Phi) is 7.53. The third kappa shape index (κ3) is 4.88. The Morgan fingerprint density at radius 3 is 2.40 bits per heavy atom. The molecule has 9 heteroatoms. The molecule has 1 saturated heterocycles.